The molecule has 0 saturated heterocycles. The molecule has 0 radical (unpaired) electrons. The van der Waals surface area contributed by atoms with Crippen molar-refractivity contribution in [1.29, 1.82) is 0 Å². The molecule has 15 heavy (non-hydrogen) atoms. The Morgan fingerprint density at radius 1 is 1.20 bits per heavy atom. The fraction of sp³-hybridized carbons (Fsp3) is 1.00. The molecule has 0 bridgehead atoms. The average Bonchev–Trinajstić information content (AvgIpc) is 2.28. The maximum Gasteiger partial charge on any atom is 0.0623 e. The molecule has 2 N–H and O–H groups in total. The molecular formula is C13H27NO. The molecular weight excluding hydrogens is 186 g/mol. The first-order valence-corrected chi connectivity index (χ1v) is 6.29. The highest BCUT2D eigenvalue weighted by Crippen LogP contribution is 2.40. The molecule has 1 fully saturated rings. The Balaban J connectivity index is 2.45. The van der Waals surface area contributed by atoms with Crippen molar-refractivity contribution in [2.45, 2.75) is 64.4 Å². The van der Waals surface area contributed by atoms with Gasteiger partial charge in [0.1, 0.15) is 0 Å². The van der Waals surface area contributed by atoms with Crippen LogP contribution in [-0.2, 0) is 4.74 Å². The molecule has 2 nitrogen and oxygen atoms in total. The van der Waals surface area contributed by atoms with E-state index in [1.165, 1.54) is 38.5 Å². The van der Waals surface area contributed by atoms with E-state index in [2.05, 4.69) is 13.8 Å². The fourth-order valence-corrected chi connectivity index (χ4v) is 2.53. The predicted molar refractivity (Wildman–Crippen MR) is 64.9 cm³/mol. The lowest BCUT2D eigenvalue weighted by atomic mass is 9.70. The minimum Gasteiger partial charge on any atom is -0.379 e. The summed E-state index contributed by atoms with van der Waals surface area (Å²) in [6, 6.07) is 0. The van der Waals surface area contributed by atoms with Gasteiger partial charge in [-0.1, -0.05) is 19.3 Å². The van der Waals surface area contributed by atoms with Gasteiger partial charge in [0, 0.05) is 7.11 Å². The Labute approximate surface area is 94.6 Å². The average molecular weight is 213 g/mol. The summed E-state index contributed by atoms with van der Waals surface area (Å²) >= 11 is 0. The van der Waals surface area contributed by atoms with Crippen LogP contribution in [0.3, 0.4) is 0 Å². The van der Waals surface area contributed by atoms with Gasteiger partial charge in [-0.05, 0) is 51.5 Å². The number of hydrogen-bond donors (Lipinski definition) is 1. The SMILES string of the molecule is COC(C)(C)CCC1(CN)CCCCC1. The van der Waals surface area contributed by atoms with Crippen molar-refractivity contribution >= 4 is 0 Å². The summed E-state index contributed by atoms with van der Waals surface area (Å²) in [5.41, 5.74) is 6.41. The van der Waals surface area contributed by atoms with E-state index in [1.807, 2.05) is 0 Å². The second-order valence-electron chi connectivity index (χ2n) is 5.73. The molecule has 1 saturated carbocycles. The quantitative estimate of drug-likeness (QED) is 0.761. The zero-order valence-electron chi connectivity index (χ0n) is 10.6. The number of hydrogen-bond acceptors (Lipinski definition) is 2. The van der Waals surface area contributed by atoms with Crippen LogP contribution in [0.2, 0.25) is 0 Å². The standard InChI is InChI=1S/C13H27NO/c1-12(2,15-3)9-10-13(11-14)7-5-4-6-8-13/h4-11,14H2,1-3H3. The summed E-state index contributed by atoms with van der Waals surface area (Å²) in [7, 11) is 1.80. The zero-order chi connectivity index (χ0) is 11.4. The topological polar surface area (TPSA) is 35.2 Å². The van der Waals surface area contributed by atoms with Crippen molar-refractivity contribution < 1.29 is 4.74 Å². The van der Waals surface area contributed by atoms with E-state index < -0.39 is 0 Å². The molecule has 90 valence electrons. The number of methoxy groups -OCH3 is 1. The Hall–Kier alpha value is -0.0800. The van der Waals surface area contributed by atoms with E-state index in [-0.39, 0.29) is 5.60 Å². The van der Waals surface area contributed by atoms with Gasteiger partial charge in [0.05, 0.1) is 5.60 Å². The van der Waals surface area contributed by atoms with Crippen LogP contribution in [0.1, 0.15) is 58.8 Å². The summed E-state index contributed by atoms with van der Waals surface area (Å²) in [6.07, 6.45) is 9.13. The Morgan fingerprint density at radius 2 is 1.80 bits per heavy atom. The van der Waals surface area contributed by atoms with E-state index in [4.69, 9.17) is 10.5 Å². The van der Waals surface area contributed by atoms with Crippen LogP contribution >= 0.6 is 0 Å². The molecule has 0 aromatic heterocycles. The maximum absolute atomic E-state index is 5.97. The molecule has 0 heterocycles. The Kier molecular flexibility index (Phi) is 4.60. The lowest BCUT2D eigenvalue weighted by Crippen LogP contribution is -2.35. The fourth-order valence-electron chi connectivity index (χ4n) is 2.53. The number of nitrogens with two attached hydrogens (primary N) is 1. The van der Waals surface area contributed by atoms with Gasteiger partial charge in [-0.15, -0.1) is 0 Å². The predicted octanol–water partition coefficient (Wildman–Crippen LogP) is 3.10. The molecule has 0 amide bonds. The molecule has 0 aromatic rings. The van der Waals surface area contributed by atoms with Gasteiger partial charge in [0.15, 0.2) is 0 Å². The normalized spacial score (nSPS) is 21.6. The molecule has 1 aliphatic carbocycles. The van der Waals surface area contributed by atoms with Crippen LogP contribution in [0.15, 0.2) is 0 Å². The summed E-state index contributed by atoms with van der Waals surface area (Å²) in [6.45, 7) is 5.19. The van der Waals surface area contributed by atoms with Crippen molar-refractivity contribution in [2.75, 3.05) is 13.7 Å². The van der Waals surface area contributed by atoms with E-state index in [0.717, 1.165) is 13.0 Å². The summed E-state index contributed by atoms with van der Waals surface area (Å²) in [5.74, 6) is 0. The van der Waals surface area contributed by atoms with Gasteiger partial charge in [-0.3, -0.25) is 0 Å². The highest BCUT2D eigenvalue weighted by Gasteiger charge is 2.32. The molecule has 1 rings (SSSR count). The Morgan fingerprint density at radius 3 is 2.27 bits per heavy atom. The molecule has 0 spiro atoms. The van der Waals surface area contributed by atoms with Gasteiger partial charge < -0.3 is 10.5 Å². The first-order chi connectivity index (χ1) is 7.04. The second kappa shape index (κ2) is 5.31. The van der Waals surface area contributed by atoms with E-state index in [0.29, 0.717) is 5.41 Å². The van der Waals surface area contributed by atoms with Gasteiger partial charge >= 0.3 is 0 Å². The summed E-state index contributed by atoms with van der Waals surface area (Å²) < 4.78 is 5.48. The van der Waals surface area contributed by atoms with Gasteiger partial charge in [-0.2, -0.15) is 0 Å². The smallest absolute Gasteiger partial charge is 0.0623 e. The van der Waals surface area contributed by atoms with Gasteiger partial charge in [-0.25, -0.2) is 0 Å². The third-order valence-corrected chi connectivity index (χ3v) is 4.16. The first-order valence-electron chi connectivity index (χ1n) is 6.29. The highest BCUT2D eigenvalue weighted by molar-refractivity contribution is 4.86. The second-order valence-corrected chi connectivity index (χ2v) is 5.73. The molecule has 0 unspecified atom stereocenters. The molecule has 0 aromatic carbocycles. The van der Waals surface area contributed by atoms with Crippen LogP contribution in [0.25, 0.3) is 0 Å². The van der Waals surface area contributed by atoms with Crippen LogP contribution in [0.5, 0.6) is 0 Å². The van der Waals surface area contributed by atoms with Crippen molar-refractivity contribution in [3.63, 3.8) is 0 Å². The van der Waals surface area contributed by atoms with E-state index in [9.17, 15) is 0 Å². The van der Waals surface area contributed by atoms with E-state index >= 15 is 0 Å². The van der Waals surface area contributed by atoms with Crippen LogP contribution in [0.4, 0.5) is 0 Å². The van der Waals surface area contributed by atoms with Gasteiger partial charge in [0.25, 0.3) is 0 Å². The zero-order valence-corrected chi connectivity index (χ0v) is 10.6. The monoisotopic (exact) mass is 213 g/mol. The third-order valence-electron chi connectivity index (χ3n) is 4.16. The van der Waals surface area contributed by atoms with Crippen LogP contribution < -0.4 is 5.73 Å². The molecule has 0 atom stereocenters. The van der Waals surface area contributed by atoms with Gasteiger partial charge in [0.2, 0.25) is 0 Å². The molecule has 0 aliphatic heterocycles. The molecule has 1 aliphatic rings. The lowest BCUT2D eigenvalue weighted by molar-refractivity contribution is 0.000190. The van der Waals surface area contributed by atoms with Crippen LogP contribution in [0, 0.1) is 5.41 Å². The highest BCUT2D eigenvalue weighted by atomic mass is 16.5. The van der Waals surface area contributed by atoms with E-state index in [1.54, 1.807) is 7.11 Å². The molecule has 2 heteroatoms. The minimum absolute atomic E-state index is 0.0135. The minimum atomic E-state index is 0.0135. The maximum atomic E-state index is 5.97. The Bertz CT molecular complexity index is 183. The number of rotatable bonds is 5. The number of ether oxygens (including phenoxy) is 1. The summed E-state index contributed by atoms with van der Waals surface area (Å²) in [4.78, 5) is 0. The first kappa shape index (κ1) is 13.0. The van der Waals surface area contributed by atoms with Crippen LogP contribution in [-0.4, -0.2) is 19.3 Å². The third kappa shape index (κ3) is 3.76. The van der Waals surface area contributed by atoms with Crippen molar-refractivity contribution in [3.8, 4) is 0 Å². The van der Waals surface area contributed by atoms with Crippen molar-refractivity contribution in [1.82, 2.24) is 0 Å². The largest absolute Gasteiger partial charge is 0.379 e. The lowest BCUT2D eigenvalue weighted by Gasteiger charge is -2.38. The summed E-state index contributed by atoms with van der Waals surface area (Å²) in [5, 5.41) is 0. The van der Waals surface area contributed by atoms with Crippen molar-refractivity contribution in [2.24, 2.45) is 11.1 Å². The van der Waals surface area contributed by atoms with Crippen molar-refractivity contribution in [3.05, 3.63) is 0 Å².